The summed E-state index contributed by atoms with van der Waals surface area (Å²) < 4.78 is 0. The summed E-state index contributed by atoms with van der Waals surface area (Å²) in [7, 11) is 2.10. The molecule has 0 amide bonds. The molecule has 0 spiro atoms. The van der Waals surface area contributed by atoms with Crippen LogP contribution in [0.1, 0.15) is 43.7 Å². The molecule has 1 aromatic carbocycles. The number of nitriles is 1. The molecule has 1 aromatic rings. The predicted molar refractivity (Wildman–Crippen MR) is 74.1 cm³/mol. The molecular weight excluding hydrogens is 220 g/mol. The van der Waals surface area contributed by atoms with Gasteiger partial charge in [-0.1, -0.05) is 38.1 Å². The average Bonchev–Trinajstić information content (AvgIpc) is 3.10. The summed E-state index contributed by atoms with van der Waals surface area (Å²) in [5.41, 5.74) is 2.68. The second kappa shape index (κ2) is 5.12. The molecule has 18 heavy (non-hydrogen) atoms. The standard InChI is InChI=1S/C16H22N2/c1-13(2)15-6-4-14(5-7-15)10-18(3)12-16(11-17)8-9-16/h4-7,13H,8-10,12H2,1-3H3. The highest BCUT2D eigenvalue weighted by molar-refractivity contribution is 5.24. The molecule has 2 rings (SSSR count). The Kier molecular flexibility index (Phi) is 3.73. The number of benzene rings is 1. The lowest BCUT2D eigenvalue weighted by Gasteiger charge is -2.19. The molecule has 96 valence electrons. The van der Waals surface area contributed by atoms with Gasteiger partial charge >= 0.3 is 0 Å². The van der Waals surface area contributed by atoms with Crippen LogP contribution in [-0.4, -0.2) is 18.5 Å². The molecule has 1 saturated carbocycles. The lowest BCUT2D eigenvalue weighted by atomic mass is 10.0. The first-order valence-electron chi connectivity index (χ1n) is 6.73. The van der Waals surface area contributed by atoms with E-state index in [-0.39, 0.29) is 5.41 Å². The van der Waals surface area contributed by atoms with Gasteiger partial charge < -0.3 is 4.90 Å². The van der Waals surface area contributed by atoms with E-state index in [0.717, 1.165) is 25.9 Å². The van der Waals surface area contributed by atoms with Crippen molar-refractivity contribution in [3.63, 3.8) is 0 Å². The van der Waals surface area contributed by atoms with E-state index in [9.17, 15) is 0 Å². The Morgan fingerprint density at radius 3 is 2.33 bits per heavy atom. The fourth-order valence-electron chi connectivity index (χ4n) is 2.35. The van der Waals surface area contributed by atoms with Crippen LogP contribution in [0.3, 0.4) is 0 Å². The van der Waals surface area contributed by atoms with E-state index >= 15 is 0 Å². The lowest BCUT2D eigenvalue weighted by Crippen LogP contribution is -2.25. The van der Waals surface area contributed by atoms with E-state index in [4.69, 9.17) is 5.26 Å². The van der Waals surface area contributed by atoms with E-state index in [1.165, 1.54) is 11.1 Å². The minimum Gasteiger partial charge on any atom is -0.301 e. The molecule has 0 N–H and O–H groups in total. The van der Waals surface area contributed by atoms with Gasteiger partial charge in [0.15, 0.2) is 0 Å². The fraction of sp³-hybridized carbons (Fsp3) is 0.562. The fourth-order valence-corrected chi connectivity index (χ4v) is 2.35. The second-order valence-electron chi connectivity index (χ2n) is 5.96. The summed E-state index contributed by atoms with van der Waals surface area (Å²) in [5, 5.41) is 9.09. The molecule has 2 heteroatoms. The predicted octanol–water partition coefficient (Wildman–Crippen LogP) is 3.55. The van der Waals surface area contributed by atoms with Crippen molar-refractivity contribution in [2.24, 2.45) is 5.41 Å². The van der Waals surface area contributed by atoms with Gasteiger partial charge in [0.25, 0.3) is 0 Å². The Balaban J connectivity index is 1.91. The van der Waals surface area contributed by atoms with Gasteiger partial charge in [-0.3, -0.25) is 0 Å². The topological polar surface area (TPSA) is 27.0 Å². The van der Waals surface area contributed by atoms with E-state index in [1.807, 2.05) is 0 Å². The molecule has 0 unspecified atom stereocenters. The lowest BCUT2D eigenvalue weighted by molar-refractivity contribution is 0.286. The molecule has 0 aromatic heterocycles. The van der Waals surface area contributed by atoms with Crippen molar-refractivity contribution in [2.45, 2.75) is 39.2 Å². The van der Waals surface area contributed by atoms with Crippen LogP contribution >= 0.6 is 0 Å². The highest BCUT2D eigenvalue weighted by Crippen LogP contribution is 2.45. The third-order valence-electron chi connectivity index (χ3n) is 3.76. The Hall–Kier alpha value is -1.33. The highest BCUT2D eigenvalue weighted by Gasteiger charge is 2.43. The summed E-state index contributed by atoms with van der Waals surface area (Å²) in [6.07, 6.45) is 2.14. The zero-order valence-electron chi connectivity index (χ0n) is 11.6. The minimum atomic E-state index is -0.0351. The summed E-state index contributed by atoms with van der Waals surface area (Å²) in [4.78, 5) is 2.26. The molecule has 0 atom stereocenters. The number of hydrogen-bond donors (Lipinski definition) is 0. The summed E-state index contributed by atoms with van der Waals surface area (Å²) in [5.74, 6) is 0.588. The third kappa shape index (κ3) is 3.11. The van der Waals surface area contributed by atoms with Crippen LogP contribution in [0.4, 0.5) is 0 Å². The van der Waals surface area contributed by atoms with Gasteiger partial charge in [-0.25, -0.2) is 0 Å². The smallest absolute Gasteiger partial charge is 0.0703 e. The minimum absolute atomic E-state index is 0.0351. The molecule has 0 radical (unpaired) electrons. The molecule has 1 fully saturated rings. The normalized spacial score (nSPS) is 16.9. The Bertz CT molecular complexity index is 435. The molecule has 0 bridgehead atoms. The zero-order valence-corrected chi connectivity index (χ0v) is 11.6. The highest BCUT2D eigenvalue weighted by atomic mass is 15.1. The number of hydrogen-bond acceptors (Lipinski definition) is 2. The van der Waals surface area contributed by atoms with Gasteiger partial charge in [0.1, 0.15) is 0 Å². The van der Waals surface area contributed by atoms with Gasteiger partial charge in [-0.05, 0) is 36.9 Å². The van der Waals surface area contributed by atoms with Crippen molar-refractivity contribution in [2.75, 3.05) is 13.6 Å². The second-order valence-corrected chi connectivity index (χ2v) is 5.96. The van der Waals surface area contributed by atoms with Gasteiger partial charge in [0.2, 0.25) is 0 Å². The van der Waals surface area contributed by atoms with Gasteiger partial charge in [0, 0.05) is 13.1 Å². The van der Waals surface area contributed by atoms with Crippen molar-refractivity contribution in [1.82, 2.24) is 4.90 Å². The molecule has 2 nitrogen and oxygen atoms in total. The molecule has 0 saturated heterocycles. The first-order chi connectivity index (χ1) is 8.54. The molecule has 1 aliphatic carbocycles. The van der Waals surface area contributed by atoms with Crippen LogP contribution in [0, 0.1) is 16.7 Å². The first-order valence-corrected chi connectivity index (χ1v) is 6.73. The number of rotatable bonds is 5. The molecule has 0 heterocycles. The quantitative estimate of drug-likeness (QED) is 0.789. The van der Waals surface area contributed by atoms with Crippen LogP contribution in [0.15, 0.2) is 24.3 Å². The van der Waals surface area contributed by atoms with Gasteiger partial charge in [0.05, 0.1) is 11.5 Å². The van der Waals surface area contributed by atoms with Crippen molar-refractivity contribution in [1.29, 1.82) is 5.26 Å². The molecule has 1 aliphatic rings. The Morgan fingerprint density at radius 1 is 1.28 bits per heavy atom. The Labute approximate surface area is 110 Å². The maximum absolute atomic E-state index is 9.09. The van der Waals surface area contributed by atoms with E-state index < -0.39 is 0 Å². The van der Waals surface area contributed by atoms with Crippen LogP contribution in [0.5, 0.6) is 0 Å². The van der Waals surface area contributed by atoms with Crippen LogP contribution in [-0.2, 0) is 6.54 Å². The average molecular weight is 242 g/mol. The van der Waals surface area contributed by atoms with Crippen molar-refractivity contribution in [3.8, 4) is 6.07 Å². The van der Waals surface area contributed by atoms with Gasteiger partial charge in [-0.2, -0.15) is 5.26 Å². The first kappa shape index (κ1) is 13.1. The van der Waals surface area contributed by atoms with Crippen LogP contribution in [0.25, 0.3) is 0 Å². The maximum atomic E-state index is 9.09. The van der Waals surface area contributed by atoms with Gasteiger partial charge in [-0.15, -0.1) is 0 Å². The largest absolute Gasteiger partial charge is 0.301 e. The van der Waals surface area contributed by atoms with E-state index in [0.29, 0.717) is 5.92 Å². The zero-order chi connectivity index (χ0) is 13.2. The van der Waals surface area contributed by atoms with Crippen molar-refractivity contribution >= 4 is 0 Å². The van der Waals surface area contributed by atoms with Crippen molar-refractivity contribution < 1.29 is 0 Å². The van der Waals surface area contributed by atoms with Crippen molar-refractivity contribution in [3.05, 3.63) is 35.4 Å². The summed E-state index contributed by atoms with van der Waals surface area (Å²) in [6, 6.07) is 11.3. The number of nitrogens with zero attached hydrogens (tertiary/aromatic N) is 2. The van der Waals surface area contributed by atoms with E-state index in [1.54, 1.807) is 0 Å². The summed E-state index contributed by atoms with van der Waals surface area (Å²) >= 11 is 0. The molecular formula is C16H22N2. The third-order valence-corrected chi connectivity index (χ3v) is 3.76. The summed E-state index contributed by atoms with van der Waals surface area (Å²) in [6.45, 7) is 6.26. The maximum Gasteiger partial charge on any atom is 0.0703 e. The SMILES string of the molecule is CC(C)c1ccc(CN(C)CC2(C#N)CC2)cc1. The Morgan fingerprint density at radius 2 is 1.89 bits per heavy atom. The molecule has 0 aliphatic heterocycles. The monoisotopic (exact) mass is 242 g/mol. The van der Waals surface area contributed by atoms with Crippen LogP contribution < -0.4 is 0 Å². The van der Waals surface area contributed by atoms with Crippen LogP contribution in [0.2, 0.25) is 0 Å². The van der Waals surface area contributed by atoms with E-state index in [2.05, 4.69) is 56.1 Å².